The molecule has 140 valence electrons. The highest BCUT2D eigenvalue weighted by Crippen LogP contribution is 2.33. The highest BCUT2D eigenvalue weighted by atomic mass is 16.5. The lowest BCUT2D eigenvalue weighted by Gasteiger charge is -2.22. The lowest BCUT2D eigenvalue weighted by atomic mass is 9.87. The normalized spacial score (nSPS) is 11.9. The quantitative estimate of drug-likeness (QED) is 0.775. The second kappa shape index (κ2) is 9.27. The minimum absolute atomic E-state index is 0.0415. The average Bonchev–Trinajstić information content (AvgIpc) is 2.61. The first-order chi connectivity index (χ1) is 12.5. The van der Waals surface area contributed by atoms with Gasteiger partial charge in [0.2, 0.25) is 5.91 Å². The Hall–Kier alpha value is -2.49. The maximum Gasteiger partial charge on any atom is 0.227 e. The van der Waals surface area contributed by atoms with Crippen molar-refractivity contribution >= 4 is 5.91 Å². The van der Waals surface area contributed by atoms with E-state index in [0.29, 0.717) is 18.0 Å². The SMILES string of the molecule is COc1ccc(C(C(=O)NCCc2cccc(C)c2)C(C)C)cc1OC. The Bertz CT molecular complexity index is 740. The van der Waals surface area contributed by atoms with E-state index < -0.39 is 0 Å². The Kier molecular flexibility index (Phi) is 7.07. The molecule has 0 saturated carbocycles. The zero-order chi connectivity index (χ0) is 19.1. The van der Waals surface area contributed by atoms with Gasteiger partial charge in [-0.15, -0.1) is 0 Å². The van der Waals surface area contributed by atoms with Crippen molar-refractivity contribution in [3.63, 3.8) is 0 Å². The largest absolute Gasteiger partial charge is 0.493 e. The van der Waals surface area contributed by atoms with Gasteiger partial charge < -0.3 is 14.8 Å². The summed E-state index contributed by atoms with van der Waals surface area (Å²) in [6.07, 6.45) is 0.824. The molecule has 26 heavy (non-hydrogen) atoms. The van der Waals surface area contributed by atoms with Gasteiger partial charge in [0.05, 0.1) is 20.1 Å². The molecule has 0 aromatic heterocycles. The Morgan fingerprint density at radius 2 is 1.77 bits per heavy atom. The van der Waals surface area contributed by atoms with Crippen molar-refractivity contribution < 1.29 is 14.3 Å². The summed E-state index contributed by atoms with van der Waals surface area (Å²) in [4.78, 5) is 12.8. The first-order valence-electron chi connectivity index (χ1n) is 9.01. The number of carbonyl (C=O) groups excluding carboxylic acids is 1. The van der Waals surface area contributed by atoms with Crippen LogP contribution in [0, 0.1) is 12.8 Å². The van der Waals surface area contributed by atoms with Crippen LogP contribution in [0.3, 0.4) is 0 Å². The van der Waals surface area contributed by atoms with E-state index in [9.17, 15) is 4.79 Å². The van der Waals surface area contributed by atoms with Gasteiger partial charge in [-0.25, -0.2) is 0 Å². The molecule has 1 unspecified atom stereocenters. The van der Waals surface area contributed by atoms with Gasteiger partial charge in [0.1, 0.15) is 0 Å². The van der Waals surface area contributed by atoms with Crippen LogP contribution in [0.15, 0.2) is 42.5 Å². The minimum atomic E-state index is -0.229. The molecule has 4 nitrogen and oxygen atoms in total. The fourth-order valence-electron chi connectivity index (χ4n) is 3.19. The first kappa shape index (κ1) is 19.8. The van der Waals surface area contributed by atoms with Crippen molar-refractivity contribution in [1.29, 1.82) is 0 Å². The molecule has 0 saturated heterocycles. The summed E-state index contributed by atoms with van der Waals surface area (Å²) in [5, 5.41) is 3.09. The van der Waals surface area contributed by atoms with Gasteiger partial charge in [-0.05, 0) is 42.5 Å². The van der Waals surface area contributed by atoms with Crippen molar-refractivity contribution in [2.45, 2.75) is 33.1 Å². The first-order valence-corrected chi connectivity index (χ1v) is 9.01. The van der Waals surface area contributed by atoms with Crippen LogP contribution in [0.25, 0.3) is 0 Å². The zero-order valence-electron chi connectivity index (χ0n) is 16.3. The summed E-state index contributed by atoms with van der Waals surface area (Å²) >= 11 is 0. The standard InChI is InChI=1S/C22H29NO3/c1-15(2)21(18-9-10-19(25-4)20(14-18)26-5)22(24)23-12-11-17-8-6-7-16(3)13-17/h6-10,13-15,21H,11-12H2,1-5H3,(H,23,24). The van der Waals surface area contributed by atoms with Crippen LogP contribution in [0.5, 0.6) is 11.5 Å². The van der Waals surface area contributed by atoms with E-state index in [1.165, 1.54) is 11.1 Å². The number of benzene rings is 2. The zero-order valence-corrected chi connectivity index (χ0v) is 16.3. The summed E-state index contributed by atoms with van der Waals surface area (Å²) < 4.78 is 10.7. The van der Waals surface area contributed by atoms with E-state index in [0.717, 1.165) is 12.0 Å². The number of aryl methyl sites for hydroxylation is 1. The third-order valence-electron chi connectivity index (χ3n) is 4.51. The van der Waals surface area contributed by atoms with Crippen LogP contribution in [-0.2, 0) is 11.2 Å². The lowest BCUT2D eigenvalue weighted by Crippen LogP contribution is -2.33. The summed E-state index contributed by atoms with van der Waals surface area (Å²) in [6, 6.07) is 14.0. The molecule has 2 aromatic rings. The van der Waals surface area contributed by atoms with Crippen molar-refractivity contribution in [3.05, 3.63) is 59.2 Å². The number of carbonyl (C=O) groups is 1. The molecule has 0 aliphatic carbocycles. The molecule has 0 fully saturated rings. The molecular formula is C22H29NO3. The third kappa shape index (κ3) is 5.01. The molecule has 1 N–H and O–H groups in total. The molecule has 0 spiro atoms. The van der Waals surface area contributed by atoms with E-state index in [1.54, 1.807) is 14.2 Å². The second-order valence-corrected chi connectivity index (χ2v) is 6.87. The molecule has 0 radical (unpaired) electrons. The van der Waals surface area contributed by atoms with Gasteiger partial charge in [-0.1, -0.05) is 49.7 Å². The van der Waals surface area contributed by atoms with Gasteiger partial charge in [0.15, 0.2) is 11.5 Å². The minimum Gasteiger partial charge on any atom is -0.493 e. The molecule has 1 amide bonds. The maximum atomic E-state index is 12.8. The van der Waals surface area contributed by atoms with Gasteiger partial charge >= 0.3 is 0 Å². The van der Waals surface area contributed by atoms with Crippen LogP contribution in [0.1, 0.15) is 36.5 Å². The summed E-state index contributed by atoms with van der Waals surface area (Å²) in [6.45, 7) is 6.82. The Morgan fingerprint density at radius 1 is 1.04 bits per heavy atom. The fraction of sp³-hybridized carbons (Fsp3) is 0.409. The number of rotatable bonds is 8. The Morgan fingerprint density at radius 3 is 2.38 bits per heavy atom. The van der Waals surface area contributed by atoms with Crippen LogP contribution >= 0.6 is 0 Å². The van der Waals surface area contributed by atoms with Crippen LogP contribution in [-0.4, -0.2) is 26.7 Å². The van der Waals surface area contributed by atoms with Crippen molar-refractivity contribution in [1.82, 2.24) is 5.32 Å². The van der Waals surface area contributed by atoms with Crippen molar-refractivity contribution in [3.8, 4) is 11.5 Å². The number of hydrogen-bond donors (Lipinski definition) is 1. The highest BCUT2D eigenvalue weighted by molar-refractivity contribution is 5.84. The van der Waals surface area contributed by atoms with E-state index in [-0.39, 0.29) is 17.7 Å². The van der Waals surface area contributed by atoms with E-state index in [1.807, 2.05) is 24.3 Å². The number of nitrogens with one attached hydrogen (secondary N) is 1. The molecule has 2 rings (SSSR count). The van der Waals surface area contributed by atoms with Gasteiger partial charge in [0.25, 0.3) is 0 Å². The predicted octanol–water partition coefficient (Wildman–Crippen LogP) is 4.11. The monoisotopic (exact) mass is 355 g/mol. The predicted molar refractivity (Wildman–Crippen MR) is 105 cm³/mol. The topological polar surface area (TPSA) is 47.6 Å². The summed E-state index contributed by atoms with van der Waals surface area (Å²) in [7, 11) is 3.21. The number of ether oxygens (including phenoxy) is 2. The lowest BCUT2D eigenvalue weighted by molar-refractivity contribution is -0.123. The van der Waals surface area contributed by atoms with Gasteiger partial charge in [-0.2, -0.15) is 0 Å². The molecule has 0 aliphatic heterocycles. The van der Waals surface area contributed by atoms with Crippen molar-refractivity contribution in [2.75, 3.05) is 20.8 Å². The summed E-state index contributed by atoms with van der Waals surface area (Å²) in [5.41, 5.74) is 3.41. The van der Waals surface area contributed by atoms with E-state index in [4.69, 9.17) is 9.47 Å². The summed E-state index contributed by atoms with van der Waals surface area (Å²) in [5.74, 6) is 1.29. The van der Waals surface area contributed by atoms with E-state index >= 15 is 0 Å². The third-order valence-corrected chi connectivity index (χ3v) is 4.51. The van der Waals surface area contributed by atoms with E-state index in [2.05, 4.69) is 44.3 Å². The highest BCUT2D eigenvalue weighted by Gasteiger charge is 2.25. The number of amides is 1. The number of hydrogen-bond acceptors (Lipinski definition) is 3. The number of methoxy groups -OCH3 is 2. The second-order valence-electron chi connectivity index (χ2n) is 6.87. The maximum absolute atomic E-state index is 12.8. The molecule has 1 atom stereocenters. The van der Waals surface area contributed by atoms with Crippen LogP contribution in [0.2, 0.25) is 0 Å². The molecule has 4 heteroatoms. The smallest absolute Gasteiger partial charge is 0.227 e. The fourth-order valence-corrected chi connectivity index (χ4v) is 3.19. The van der Waals surface area contributed by atoms with Gasteiger partial charge in [-0.3, -0.25) is 4.79 Å². The van der Waals surface area contributed by atoms with Gasteiger partial charge in [0, 0.05) is 6.54 Å². The molecule has 0 aliphatic rings. The molecular weight excluding hydrogens is 326 g/mol. The average molecular weight is 355 g/mol. The molecule has 0 bridgehead atoms. The van der Waals surface area contributed by atoms with Crippen molar-refractivity contribution in [2.24, 2.45) is 5.92 Å². The van der Waals surface area contributed by atoms with Crippen LogP contribution < -0.4 is 14.8 Å². The Labute approximate surface area is 156 Å². The van der Waals surface area contributed by atoms with Crippen LogP contribution in [0.4, 0.5) is 0 Å². The molecule has 2 aromatic carbocycles. The Balaban J connectivity index is 2.07. The molecule has 0 heterocycles.